The zero-order valence-corrected chi connectivity index (χ0v) is 7.01. The molecule has 0 aliphatic heterocycles. The number of carboxylic acids is 1. The number of carboxylic acid groups (broad SMARTS) is 1. The minimum atomic E-state index is -1.27. The van der Waals surface area contributed by atoms with Crippen LogP contribution in [0.25, 0.3) is 0 Å². The van der Waals surface area contributed by atoms with Crippen LogP contribution in [0.1, 0.15) is 10.5 Å². The number of amides is 1. The molecular weight excluding hydrogens is 190 g/mol. The minimum Gasteiger partial charge on any atom is -0.476 e. The maximum absolute atomic E-state index is 11.0. The lowest BCUT2D eigenvalue weighted by Gasteiger charge is -2.01. The summed E-state index contributed by atoms with van der Waals surface area (Å²) >= 11 is 0. The SMILES string of the molecule is NC(=O)Cn1nc(C(=O)O)ccc1=O. The van der Waals surface area contributed by atoms with E-state index in [1.54, 1.807) is 0 Å². The Hall–Kier alpha value is -2.18. The van der Waals surface area contributed by atoms with Crippen molar-refractivity contribution in [1.29, 1.82) is 0 Å². The summed E-state index contributed by atoms with van der Waals surface area (Å²) < 4.78 is 0.700. The van der Waals surface area contributed by atoms with Crippen molar-refractivity contribution in [2.75, 3.05) is 0 Å². The van der Waals surface area contributed by atoms with E-state index in [-0.39, 0.29) is 5.69 Å². The summed E-state index contributed by atoms with van der Waals surface area (Å²) in [5, 5.41) is 12.0. The Bertz CT molecular complexity index is 437. The summed E-state index contributed by atoms with van der Waals surface area (Å²) in [5.74, 6) is -2.04. The maximum atomic E-state index is 11.0. The monoisotopic (exact) mass is 197 g/mol. The van der Waals surface area contributed by atoms with Gasteiger partial charge in [-0.15, -0.1) is 0 Å². The van der Waals surface area contributed by atoms with E-state index in [9.17, 15) is 14.4 Å². The molecule has 1 aromatic rings. The molecule has 7 nitrogen and oxygen atoms in total. The van der Waals surface area contributed by atoms with Crippen LogP contribution in [0, 0.1) is 0 Å². The Morgan fingerprint density at radius 2 is 2.14 bits per heavy atom. The third-order valence-corrected chi connectivity index (χ3v) is 1.39. The summed E-state index contributed by atoms with van der Waals surface area (Å²) in [6.07, 6.45) is 0. The van der Waals surface area contributed by atoms with Gasteiger partial charge in [0.1, 0.15) is 6.54 Å². The molecule has 0 bridgehead atoms. The number of aromatic carboxylic acids is 1. The molecule has 0 radical (unpaired) electrons. The molecule has 1 heterocycles. The van der Waals surface area contributed by atoms with Crippen LogP contribution in [0.3, 0.4) is 0 Å². The highest BCUT2D eigenvalue weighted by atomic mass is 16.4. The summed E-state index contributed by atoms with van der Waals surface area (Å²) in [6.45, 7) is -0.431. The molecule has 7 heteroatoms. The lowest BCUT2D eigenvalue weighted by Crippen LogP contribution is -2.30. The molecule has 3 N–H and O–H groups in total. The number of rotatable bonds is 3. The predicted octanol–water partition coefficient (Wildman–Crippen LogP) is -1.57. The van der Waals surface area contributed by atoms with Gasteiger partial charge in [0.05, 0.1) is 0 Å². The molecule has 1 amide bonds. The smallest absolute Gasteiger partial charge is 0.356 e. The second kappa shape index (κ2) is 3.69. The Morgan fingerprint density at radius 3 is 2.64 bits per heavy atom. The van der Waals surface area contributed by atoms with E-state index in [0.29, 0.717) is 4.68 Å². The highest BCUT2D eigenvalue weighted by Gasteiger charge is 2.08. The number of aromatic nitrogens is 2. The molecule has 74 valence electrons. The quantitative estimate of drug-likeness (QED) is 0.607. The Morgan fingerprint density at radius 1 is 1.50 bits per heavy atom. The van der Waals surface area contributed by atoms with Gasteiger partial charge in [0.2, 0.25) is 5.91 Å². The molecule has 0 aliphatic carbocycles. The standard InChI is InChI=1S/C7H7N3O4/c8-5(11)3-10-6(12)2-1-4(9-10)7(13)14/h1-2H,3H2,(H2,8,11)(H,13,14). The topological polar surface area (TPSA) is 115 Å². The van der Waals surface area contributed by atoms with Gasteiger partial charge in [0.15, 0.2) is 5.69 Å². The molecule has 0 saturated carbocycles. The lowest BCUT2D eigenvalue weighted by molar-refractivity contribution is -0.118. The first-order chi connectivity index (χ1) is 6.50. The average molecular weight is 197 g/mol. The van der Waals surface area contributed by atoms with Crippen molar-refractivity contribution < 1.29 is 14.7 Å². The molecule has 0 atom stereocenters. The second-order valence-electron chi connectivity index (χ2n) is 2.49. The number of hydrogen-bond acceptors (Lipinski definition) is 4. The zero-order chi connectivity index (χ0) is 10.7. The van der Waals surface area contributed by atoms with E-state index in [0.717, 1.165) is 12.1 Å². The summed E-state index contributed by atoms with van der Waals surface area (Å²) in [6, 6.07) is 2.07. The van der Waals surface area contributed by atoms with Gasteiger partial charge >= 0.3 is 5.97 Å². The summed E-state index contributed by atoms with van der Waals surface area (Å²) in [5.41, 5.74) is 3.94. The molecule has 0 saturated heterocycles. The van der Waals surface area contributed by atoms with Crippen molar-refractivity contribution in [3.05, 3.63) is 28.2 Å². The number of hydrogen-bond donors (Lipinski definition) is 2. The summed E-state index contributed by atoms with van der Waals surface area (Å²) in [4.78, 5) is 32.0. The van der Waals surface area contributed by atoms with Gasteiger partial charge in [-0.2, -0.15) is 5.10 Å². The number of carbonyl (C=O) groups excluding carboxylic acids is 1. The van der Waals surface area contributed by atoms with Crippen molar-refractivity contribution >= 4 is 11.9 Å². The lowest BCUT2D eigenvalue weighted by atomic mass is 10.4. The van der Waals surface area contributed by atoms with Gasteiger partial charge in [0.25, 0.3) is 5.56 Å². The Balaban J connectivity index is 3.15. The van der Waals surface area contributed by atoms with E-state index >= 15 is 0 Å². The van der Waals surface area contributed by atoms with Gasteiger partial charge in [-0.25, -0.2) is 9.48 Å². The first-order valence-corrected chi connectivity index (χ1v) is 3.60. The van der Waals surface area contributed by atoms with E-state index in [1.807, 2.05) is 0 Å². The Labute approximate surface area is 77.8 Å². The van der Waals surface area contributed by atoms with Gasteiger partial charge in [-0.05, 0) is 6.07 Å². The van der Waals surface area contributed by atoms with E-state index in [2.05, 4.69) is 5.10 Å². The van der Waals surface area contributed by atoms with Crippen LogP contribution in [0.15, 0.2) is 16.9 Å². The molecule has 0 spiro atoms. The van der Waals surface area contributed by atoms with E-state index in [1.165, 1.54) is 0 Å². The van der Waals surface area contributed by atoms with Crippen molar-refractivity contribution in [2.45, 2.75) is 6.54 Å². The zero-order valence-electron chi connectivity index (χ0n) is 7.01. The Kier molecular flexibility index (Phi) is 2.61. The minimum absolute atomic E-state index is 0.314. The molecule has 0 aliphatic rings. The molecule has 0 aromatic carbocycles. The maximum Gasteiger partial charge on any atom is 0.356 e. The molecule has 0 unspecified atom stereocenters. The van der Waals surface area contributed by atoms with Crippen molar-refractivity contribution in [3.63, 3.8) is 0 Å². The van der Waals surface area contributed by atoms with Gasteiger partial charge in [-0.1, -0.05) is 0 Å². The predicted molar refractivity (Wildman–Crippen MR) is 44.7 cm³/mol. The number of carbonyl (C=O) groups is 2. The molecular formula is C7H7N3O4. The fraction of sp³-hybridized carbons (Fsp3) is 0.143. The van der Waals surface area contributed by atoms with Crippen LogP contribution < -0.4 is 11.3 Å². The van der Waals surface area contributed by atoms with Crippen LogP contribution >= 0.6 is 0 Å². The summed E-state index contributed by atoms with van der Waals surface area (Å²) in [7, 11) is 0. The number of nitrogens with zero attached hydrogens (tertiary/aromatic N) is 2. The molecule has 1 aromatic heterocycles. The van der Waals surface area contributed by atoms with Crippen LogP contribution in [-0.2, 0) is 11.3 Å². The van der Waals surface area contributed by atoms with Crippen molar-refractivity contribution in [3.8, 4) is 0 Å². The average Bonchev–Trinajstić information content (AvgIpc) is 2.07. The highest BCUT2D eigenvalue weighted by Crippen LogP contribution is 1.89. The number of nitrogens with two attached hydrogens (primary N) is 1. The molecule has 14 heavy (non-hydrogen) atoms. The fourth-order valence-corrected chi connectivity index (χ4v) is 0.824. The van der Waals surface area contributed by atoms with E-state index in [4.69, 9.17) is 10.8 Å². The van der Waals surface area contributed by atoms with Crippen LogP contribution in [-0.4, -0.2) is 26.8 Å². The first kappa shape index (κ1) is 9.90. The normalized spacial score (nSPS) is 9.71. The van der Waals surface area contributed by atoms with E-state index < -0.39 is 24.0 Å². The van der Waals surface area contributed by atoms with Crippen LogP contribution in [0.5, 0.6) is 0 Å². The van der Waals surface area contributed by atoms with Crippen molar-refractivity contribution in [2.24, 2.45) is 5.73 Å². The van der Waals surface area contributed by atoms with Crippen LogP contribution in [0.4, 0.5) is 0 Å². The largest absolute Gasteiger partial charge is 0.476 e. The van der Waals surface area contributed by atoms with Gasteiger partial charge < -0.3 is 10.8 Å². The van der Waals surface area contributed by atoms with Gasteiger partial charge in [0, 0.05) is 6.07 Å². The van der Waals surface area contributed by atoms with Gasteiger partial charge in [-0.3, -0.25) is 9.59 Å². The third kappa shape index (κ3) is 2.16. The van der Waals surface area contributed by atoms with Crippen molar-refractivity contribution in [1.82, 2.24) is 9.78 Å². The second-order valence-corrected chi connectivity index (χ2v) is 2.49. The molecule has 1 rings (SSSR count). The van der Waals surface area contributed by atoms with Crippen LogP contribution in [0.2, 0.25) is 0 Å². The third-order valence-electron chi connectivity index (χ3n) is 1.39. The first-order valence-electron chi connectivity index (χ1n) is 3.60. The molecule has 0 fully saturated rings. The number of primary amides is 1. The fourth-order valence-electron chi connectivity index (χ4n) is 0.824. The highest BCUT2D eigenvalue weighted by molar-refractivity contribution is 5.84.